The van der Waals surface area contributed by atoms with E-state index in [0.29, 0.717) is 16.9 Å². The molecule has 0 fully saturated rings. The zero-order valence-corrected chi connectivity index (χ0v) is 11.8. The number of H-pyrrole nitrogens is 1. The van der Waals surface area contributed by atoms with Crippen molar-refractivity contribution in [3.63, 3.8) is 0 Å². The number of sulfonamides is 1. The van der Waals surface area contributed by atoms with Gasteiger partial charge in [-0.2, -0.15) is 0 Å². The van der Waals surface area contributed by atoms with Crippen LogP contribution in [0.4, 0.5) is 5.69 Å². The van der Waals surface area contributed by atoms with Gasteiger partial charge >= 0.3 is 4.87 Å². The SMILES string of the molecule is Cc1c(N)cccc1S(=O)(=O)NCc1csc(=O)[nH]1. The van der Waals surface area contributed by atoms with Crippen molar-refractivity contribution in [3.8, 4) is 0 Å². The summed E-state index contributed by atoms with van der Waals surface area (Å²) in [5, 5.41) is 1.58. The fourth-order valence-corrected chi connectivity index (χ4v) is 3.43. The molecule has 0 aliphatic carbocycles. The molecule has 0 saturated carbocycles. The van der Waals surface area contributed by atoms with Gasteiger partial charge in [-0.15, -0.1) is 0 Å². The lowest BCUT2D eigenvalue weighted by atomic mass is 10.2. The van der Waals surface area contributed by atoms with Crippen LogP contribution in [-0.2, 0) is 16.6 Å². The number of nitrogens with one attached hydrogen (secondary N) is 2. The summed E-state index contributed by atoms with van der Waals surface area (Å²) in [6, 6.07) is 4.72. The van der Waals surface area contributed by atoms with Crippen LogP contribution in [0.2, 0.25) is 0 Å². The smallest absolute Gasteiger partial charge is 0.304 e. The average molecular weight is 299 g/mol. The molecular formula is C11H13N3O3S2. The van der Waals surface area contributed by atoms with Crippen LogP contribution in [0.5, 0.6) is 0 Å². The molecule has 4 N–H and O–H groups in total. The first-order valence-corrected chi connectivity index (χ1v) is 7.78. The van der Waals surface area contributed by atoms with Crippen LogP contribution < -0.4 is 15.3 Å². The summed E-state index contributed by atoms with van der Waals surface area (Å²) in [7, 11) is -3.65. The van der Waals surface area contributed by atoms with Gasteiger partial charge < -0.3 is 10.7 Å². The Hall–Kier alpha value is -1.64. The molecule has 0 unspecified atom stereocenters. The van der Waals surface area contributed by atoms with E-state index in [2.05, 4.69) is 9.71 Å². The molecule has 19 heavy (non-hydrogen) atoms. The molecule has 0 atom stereocenters. The molecule has 6 nitrogen and oxygen atoms in total. The Labute approximate surface area is 114 Å². The van der Waals surface area contributed by atoms with E-state index < -0.39 is 10.0 Å². The molecule has 2 aromatic rings. The van der Waals surface area contributed by atoms with E-state index in [1.807, 2.05) is 0 Å². The summed E-state index contributed by atoms with van der Waals surface area (Å²) in [6.45, 7) is 1.69. The van der Waals surface area contributed by atoms with Crippen LogP contribution in [0.1, 0.15) is 11.3 Å². The summed E-state index contributed by atoms with van der Waals surface area (Å²) in [5.74, 6) is 0. The number of nitrogens with two attached hydrogens (primary N) is 1. The number of benzene rings is 1. The van der Waals surface area contributed by atoms with Crippen LogP contribution in [0.15, 0.2) is 33.3 Å². The number of aromatic amines is 1. The van der Waals surface area contributed by atoms with Gasteiger partial charge in [-0.3, -0.25) is 4.79 Å². The zero-order valence-electron chi connectivity index (χ0n) is 10.1. The molecule has 0 aliphatic rings. The molecule has 2 rings (SSSR count). The summed E-state index contributed by atoms with van der Waals surface area (Å²) in [4.78, 5) is 13.4. The fraction of sp³-hybridized carbons (Fsp3) is 0.182. The second-order valence-electron chi connectivity index (χ2n) is 3.97. The lowest BCUT2D eigenvalue weighted by Crippen LogP contribution is -2.24. The quantitative estimate of drug-likeness (QED) is 0.726. The topological polar surface area (TPSA) is 105 Å². The van der Waals surface area contributed by atoms with E-state index in [4.69, 9.17) is 5.73 Å². The maximum atomic E-state index is 12.1. The molecule has 0 amide bonds. The number of aromatic nitrogens is 1. The highest BCUT2D eigenvalue weighted by molar-refractivity contribution is 7.89. The zero-order chi connectivity index (χ0) is 14.0. The second kappa shape index (κ2) is 5.16. The highest BCUT2D eigenvalue weighted by Crippen LogP contribution is 2.20. The van der Waals surface area contributed by atoms with E-state index in [9.17, 15) is 13.2 Å². The van der Waals surface area contributed by atoms with Crippen molar-refractivity contribution in [2.45, 2.75) is 18.4 Å². The van der Waals surface area contributed by atoms with Crippen LogP contribution in [0.25, 0.3) is 0 Å². The number of hydrogen-bond acceptors (Lipinski definition) is 5. The number of thiazole rings is 1. The molecule has 0 aliphatic heterocycles. The molecule has 0 bridgehead atoms. The normalized spacial score (nSPS) is 11.6. The van der Waals surface area contributed by atoms with Crippen LogP contribution in [0.3, 0.4) is 0 Å². The number of anilines is 1. The molecule has 0 radical (unpaired) electrons. The third kappa shape index (κ3) is 3.03. The van der Waals surface area contributed by atoms with Crippen molar-refractivity contribution in [3.05, 3.63) is 44.5 Å². The molecule has 1 aromatic heterocycles. The summed E-state index contributed by atoms with van der Waals surface area (Å²) < 4.78 is 26.7. The Morgan fingerprint density at radius 3 is 2.79 bits per heavy atom. The second-order valence-corrected chi connectivity index (χ2v) is 6.55. The van der Waals surface area contributed by atoms with Gasteiger partial charge in [0.1, 0.15) is 0 Å². The maximum Gasteiger partial charge on any atom is 0.304 e. The van der Waals surface area contributed by atoms with Crippen molar-refractivity contribution in [2.24, 2.45) is 0 Å². The number of rotatable bonds is 4. The van der Waals surface area contributed by atoms with Gasteiger partial charge in [-0.05, 0) is 24.6 Å². The van der Waals surface area contributed by atoms with Gasteiger partial charge in [-0.25, -0.2) is 13.1 Å². The molecule has 102 valence electrons. The van der Waals surface area contributed by atoms with Crippen molar-refractivity contribution >= 4 is 27.0 Å². The number of nitrogen functional groups attached to an aromatic ring is 1. The largest absolute Gasteiger partial charge is 0.398 e. The average Bonchev–Trinajstić information content (AvgIpc) is 2.76. The van der Waals surface area contributed by atoms with Crippen molar-refractivity contribution in [2.75, 3.05) is 5.73 Å². The highest BCUT2D eigenvalue weighted by Gasteiger charge is 2.17. The van der Waals surface area contributed by atoms with Crippen LogP contribution >= 0.6 is 11.3 Å². The summed E-state index contributed by atoms with van der Waals surface area (Å²) >= 11 is 0.990. The maximum absolute atomic E-state index is 12.1. The van der Waals surface area contributed by atoms with Crippen molar-refractivity contribution in [1.82, 2.24) is 9.71 Å². The van der Waals surface area contributed by atoms with Gasteiger partial charge in [0.2, 0.25) is 10.0 Å². The van der Waals surface area contributed by atoms with Crippen LogP contribution in [-0.4, -0.2) is 13.4 Å². The van der Waals surface area contributed by atoms with Gasteiger partial charge in [-0.1, -0.05) is 17.4 Å². The van der Waals surface area contributed by atoms with E-state index in [1.54, 1.807) is 24.4 Å². The minimum absolute atomic E-state index is 0.0370. The van der Waals surface area contributed by atoms with E-state index in [0.717, 1.165) is 11.3 Å². The Balaban J connectivity index is 2.23. The minimum atomic E-state index is -3.65. The van der Waals surface area contributed by atoms with Crippen molar-refractivity contribution < 1.29 is 8.42 Å². The molecule has 8 heteroatoms. The van der Waals surface area contributed by atoms with Gasteiger partial charge in [0.25, 0.3) is 0 Å². The first-order chi connectivity index (χ1) is 8.90. The van der Waals surface area contributed by atoms with Crippen molar-refractivity contribution in [1.29, 1.82) is 0 Å². The van der Waals surface area contributed by atoms with E-state index >= 15 is 0 Å². The summed E-state index contributed by atoms with van der Waals surface area (Å²) in [6.07, 6.45) is 0. The lowest BCUT2D eigenvalue weighted by Gasteiger charge is -2.10. The first-order valence-electron chi connectivity index (χ1n) is 5.41. The Morgan fingerprint density at radius 2 is 2.16 bits per heavy atom. The Kier molecular flexibility index (Phi) is 3.74. The van der Waals surface area contributed by atoms with Gasteiger partial charge in [0.05, 0.1) is 11.4 Å². The predicted octanol–water partition coefficient (Wildman–Crippen LogP) is 0.806. The third-order valence-electron chi connectivity index (χ3n) is 2.64. The van der Waals surface area contributed by atoms with E-state index in [-0.39, 0.29) is 16.3 Å². The molecule has 0 saturated heterocycles. The highest BCUT2D eigenvalue weighted by atomic mass is 32.2. The molecule has 0 spiro atoms. The lowest BCUT2D eigenvalue weighted by molar-refractivity contribution is 0.580. The number of hydrogen-bond donors (Lipinski definition) is 3. The Morgan fingerprint density at radius 1 is 1.42 bits per heavy atom. The summed E-state index contributed by atoms with van der Waals surface area (Å²) in [5.41, 5.74) is 7.15. The molecular weight excluding hydrogens is 286 g/mol. The van der Waals surface area contributed by atoms with E-state index in [1.165, 1.54) is 6.07 Å². The molecule has 1 heterocycles. The Bertz CT molecular complexity index is 747. The van der Waals surface area contributed by atoms with Gasteiger partial charge in [0, 0.05) is 16.8 Å². The third-order valence-corrected chi connectivity index (χ3v) is 4.90. The monoisotopic (exact) mass is 299 g/mol. The fourth-order valence-electron chi connectivity index (χ4n) is 1.57. The van der Waals surface area contributed by atoms with Gasteiger partial charge in [0.15, 0.2) is 0 Å². The van der Waals surface area contributed by atoms with Crippen LogP contribution in [0, 0.1) is 6.92 Å². The first kappa shape index (κ1) is 13.8. The standard InChI is InChI=1S/C11H13N3O3S2/c1-7-9(12)3-2-4-10(7)19(16,17)13-5-8-6-18-11(15)14-8/h2-4,6,13H,5,12H2,1H3,(H,14,15). The molecule has 1 aromatic carbocycles. The minimum Gasteiger partial charge on any atom is -0.398 e. The predicted molar refractivity (Wildman–Crippen MR) is 74.6 cm³/mol.